The molecule has 0 saturated heterocycles. The van der Waals surface area contributed by atoms with E-state index in [1.165, 1.54) is 5.69 Å². The zero-order valence-electron chi connectivity index (χ0n) is 11.2. The van der Waals surface area contributed by atoms with Crippen LogP contribution in [0.5, 0.6) is 5.75 Å². The summed E-state index contributed by atoms with van der Waals surface area (Å²) in [7, 11) is 1.67. The number of anilines is 1. The standard InChI is InChI=1S/C15H17NO2S/c1-3-16-12-7-6-11(18-2)8-14(12)19-15(16)9-13(17)10-4-5-10/h6-10H,3-5H2,1-2H3/b15-9+. The number of allylic oxidation sites excluding steroid dienone is 1. The fourth-order valence-electron chi connectivity index (χ4n) is 2.25. The molecule has 2 aliphatic rings. The SMILES string of the molecule is CCN1/C(=C\C(=O)C2CC2)Sc2cc(OC)ccc21. The van der Waals surface area contributed by atoms with E-state index in [-0.39, 0.29) is 11.7 Å². The van der Waals surface area contributed by atoms with E-state index >= 15 is 0 Å². The highest BCUT2D eigenvalue weighted by Gasteiger charge is 2.31. The number of hydrogen-bond donors (Lipinski definition) is 0. The highest BCUT2D eigenvalue weighted by atomic mass is 32.2. The summed E-state index contributed by atoms with van der Waals surface area (Å²) in [6.07, 6.45) is 3.93. The topological polar surface area (TPSA) is 29.5 Å². The first-order valence-corrected chi connectivity index (χ1v) is 7.43. The lowest BCUT2D eigenvalue weighted by Gasteiger charge is -2.17. The summed E-state index contributed by atoms with van der Waals surface area (Å²) < 4.78 is 5.25. The number of fused-ring (bicyclic) bond motifs is 1. The van der Waals surface area contributed by atoms with Gasteiger partial charge >= 0.3 is 0 Å². The summed E-state index contributed by atoms with van der Waals surface area (Å²) in [5, 5.41) is 1.04. The maximum Gasteiger partial charge on any atom is 0.161 e. The van der Waals surface area contributed by atoms with E-state index in [1.54, 1.807) is 18.9 Å². The van der Waals surface area contributed by atoms with E-state index in [0.717, 1.165) is 35.1 Å². The van der Waals surface area contributed by atoms with Crippen LogP contribution in [0.2, 0.25) is 0 Å². The van der Waals surface area contributed by atoms with Gasteiger partial charge in [0.1, 0.15) is 5.75 Å². The van der Waals surface area contributed by atoms with Crippen molar-refractivity contribution in [2.24, 2.45) is 5.92 Å². The van der Waals surface area contributed by atoms with Crippen LogP contribution in [0.15, 0.2) is 34.2 Å². The second-order valence-corrected chi connectivity index (χ2v) is 5.90. The van der Waals surface area contributed by atoms with Gasteiger partial charge < -0.3 is 9.64 Å². The van der Waals surface area contributed by atoms with Gasteiger partial charge in [0.2, 0.25) is 0 Å². The molecule has 100 valence electrons. The van der Waals surface area contributed by atoms with Crippen molar-refractivity contribution < 1.29 is 9.53 Å². The lowest BCUT2D eigenvalue weighted by molar-refractivity contribution is -0.115. The number of carbonyl (C=O) groups is 1. The van der Waals surface area contributed by atoms with Crippen molar-refractivity contribution >= 4 is 23.2 Å². The molecule has 1 aromatic rings. The second kappa shape index (κ2) is 4.93. The molecule has 19 heavy (non-hydrogen) atoms. The summed E-state index contributed by atoms with van der Waals surface area (Å²) in [6.45, 7) is 2.98. The number of rotatable bonds is 4. The third-order valence-corrected chi connectivity index (χ3v) is 4.59. The largest absolute Gasteiger partial charge is 0.497 e. The summed E-state index contributed by atoms with van der Waals surface area (Å²) in [4.78, 5) is 15.3. The van der Waals surface area contributed by atoms with Gasteiger partial charge in [-0.1, -0.05) is 11.8 Å². The van der Waals surface area contributed by atoms with Crippen LogP contribution in [-0.2, 0) is 4.79 Å². The average Bonchev–Trinajstić information content (AvgIpc) is 3.20. The van der Waals surface area contributed by atoms with E-state index in [9.17, 15) is 4.79 Å². The third kappa shape index (κ3) is 2.37. The van der Waals surface area contributed by atoms with E-state index in [4.69, 9.17) is 4.74 Å². The number of nitrogens with zero attached hydrogens (tertiary/aromatic N) is 1. The lowest BCUT2D eigenvalue weighted by atomic mass is 10.2. The zero-order valence-corrected chi connectivity index (χ0v) is 12.0. The highest BCUT2D eigenvalue weighted by Crippen LogP contribution is 2.47. The minimum Gasteiger partial charge on any atom is -0.497 e. The summed E-state index contributed by atoms with van der Waals surface area (Å²) in [5.74, 6) is 1.42. The first kappa shape index (κ1) is 12.6. The third-order valence-electron chi connectivity index (χ3n) is 3.50. The number of benzene rings is 1. The molecule has 0 spiro atoms. The van der Waals surface area contributed by atoms with Crippen LogP contribution in [0.25, 0.3) is 0 Å². The predicted molar refractivity (Wildman–Crippen MR) is 77.7 cm³/mol. The van der Waals surface area contributed by atoms with Crippen molar-refractivity contribution in [3.05, 3.63) is 29.3 Å². The summed E-state index contributed by atoms with van der Waals surface area (Å²) in [6, 6.07) is 6.06. The Hall–Kier alpha value is -1.42. The zero-order chi connectivity index (χ0) is 13.4. The minimum absolute atomic E-state index is 0.278. The molecule has 1 aliphatic heterocycles. The van der Waals surface area contributed by atoms with Gasteiger partial charge in [-0.3, -0.25) is 4.79 Å². The van der Waals surface area contributed by atoms with Crippen molar-refractivity contribution in [3.8, 4) is 5.75 Å². The first-order valence-electron chi connectivity index (χ1n) is 6.62. The van der Waals surface area contributed by atoms with E-state index < -0.39 is 0 Å². The first-order chi connectivity index (χ1) is 9.22. The molecule has 1 saturated carbocycles. The number of ketones is 1. The van der Waals surface area contributed by atoms with E-state index in [0.29, 0.717) is 0 Å². The molecule has 0 N–H and O–H groups in total. The molecular weight excluding hydrogens is 258 g/mol. The van der Waals surface area contributed by atoms with Gasteiger partial charge in [-0.05, 0) is 38.0 Å². The van der Waals surface area contributed by atoms with Crippen LogP contribution in [-0.4, -0.2) is 19.4 Å². The summed E-state index contributed by atoms with van der Waals surface area (Å²) in [5.41, 5.74) is 1.17. The number of hydrogen-bond acceptors (Lipinski definition) is 4. The Labute approximate surface area is 117 Å². The van der Waals surface area contributed by atoms with Crippen LogP contribution >= 0.6 is 11.8 Å². The van der Waals surface area contributed by atoms with Gasteiger partial charge in [0.25, 0.3) is 0 Å². The predicted octanol–water partition coefficient (Wildman–Crippen LogP) is 3.45. The maximum atomic E-state index is 12.0. The molecule has 1 heterocycles. The number of methoxy groups -OCH3 is 1. The van der Waals surface area contributed by atoms with Crippen molar-refractivity contribution in [3.63, 3.8) is 0 Å². The Bertz CT molecular complexity index is 549. The average molecular weight is 275 g/mol. The molecule has 1 fully saturated rings. The molecule has 0 aromatic heterocycles. The quantitative estimate of drug-likeness (QED) is 0.787. The molecule has 0 unspecified atom stereocenters. The molecule has 1 aromatic carbocycles. The Morgan fingerprint density at radius 3 is 2.95 bits per heavy atom. The smallest absolute Gasteiger partial charge is 0.161 e. The molecule has 0 atom stereocenters. The van der Waals surface area contributed by atoms with Crippen LogP contribution in [0.3, 0.4) is 0 Å². The van der Waals surface area contributed by atoms with E-state index in [1.807, 2.05) is 18.2 Å². The number of carbonyl (C=O) groups excluding carboxylic acids is 1. The molecule has 0 bridgehead atoms. The number of thioether (sulfide) groups is 1. The Morgan fingerprint density at radius 2 is 2.32 bits per heavy atom. The molecule has 4 heteroatoms. The van der Waals surface area contributed by atoms with Crippen molar-refractivity contribution in [1.29, 1.82) is 0 Å². The molecule has 0 amide bonds. The van der Waals surface area contributed by atoms with Crippen molar-refractivity contribution in [2.45, 2.75) is 24.7 Å². The Balaban J connectivity index is 1.91. The van der Waals surface area contributed by atoms with Gasteiger partial charge in [0, 0.05) is 23.4 Å². The molecule has 3 rings (SSSR count). The summed E-state index contributed by atoms with van der Waals surface area (Å²) >= 11 is 1.66. The molecule has 0 radical (unpaired) electrons. The normalized spacial score (nSPS) is 19.7. The fourth-order valence-corrected chi connectivity index (χ4v) is 3.45. The molecule has 3 nitrogen and oxygen atoms in total. The van der Waals surface area contributed by atoms with Crippen LogP contribution in [0.1, 0.15) is 19.8 Å². The Kier molecular flexibility index (Phi) is 3.27. The van der Waals surface area contributed by atoms with Crippen molar-refractivity contribution in [2.75, 3.05) is 18.6 Å². The monoisotopic (exact) mass is 275 g/mol. The number of ether oxygens (including phenoxy) is 1. The van der Waals surface area contributed by atoms with Gasteiger partial charge in [0.05, 0.1) is 17.8 Å². The highest BCUT2D eigenvalue weighted by molar-refractivity contribution is 8.03. The van der Waals surface area contributed by atoms with Crippen LogP contribution < -0.4 is 9.64 Å². The van der Waals surface area contributed by atoms with Gasteiger partial charge in [-0.2, -0.15) is 0 Å². The van der Waals surface area contributed by atoms with Gasteiger partial charge in [0.15, 0.2) is 5.78 Å². The van der Waals surface area contributed by atoms with Crippen LogP contribution in [0.4, 0.5) is 5.69 Å². The minimum atomic E-state index is 0.278. The Morgan fingerprint density at radius 1 is 1.53 bits per heavy atom. The molecular formula is C15H17NO2S. The van der Waals surface area contributed by atoms with Gasteiger partial charge in [-0.25, -0.2) is 0 Å². The van der Waals surface area contributed by atoms with Gasteiger partial charge in [-0.15, -0.1) is 0 Å². The lowest BCUT2D eigenvalue weighted by Crippen LogP contribution is -2.17. The van der Waals surface area contributed by atoms with Crippen LogP contribution in [0, 0.1) is 5.92 Å². The molecule has 1 aliphatic carbocycles. The fraction of sp³-hybridized carbons (Fsp3) is 0.400. The maximum absolute atomic E-state index is 12.0. The van der Waals surface area contributed by atoms with E-state index in [2.05, 4.69) is 17.9 Å². The second-order valence-electron chi connectivity index (χ2n) is 4.84. The van der Waals surface area contributed by atoms with Crippen molar-refractivity contribution in [1.82, 2.24) is 0 Å².